The number of carbonyl (C=O) groups excluding carboxylic acids is 1. The fourth-order valence-electron chi connectivity index (χ4n) is 1.88. The Hall–Kier alpha value is -1.24. The summed E-state index contributed by atoms with van der Waals surface area (Å²) in [5, 5.41) is 8.63. The first-order valence-electron chi connectivity index (χ1n) is 3.66. The van der Waals surface area contributed by atoms with Crippen LogP contribution >= 0.6 is 0 Å². The summed E-state index contributed by atoms with van der Waals surface area (Å²) in [6, 6.07) is 0. The number of Topliss-reactive ketones (excluding diaryl/α,β-unsaturated/α-hetero) is 1. The zero-order chi connectivity index (χ0) is 8.01. The van der Waals surface area contributed by atoms with E-state index >= 15 is 0 Å². The Bertz CT molecular complexity index is 269. The van der Waals surface area contributed by atoms with Crippen LogP contribution in [0.2, 0.25) is 0 Å². The Morgan fingerprint density at radius 1 is 1.36 bits per heavy atom. The molecule has 0 radical (unpaired) electrons. The van der Waals surface area contributed by atoms with Gasteiger partial charge in [-0.2, -0.15) is 0 Å². The summed E-state index contributed by atoms with van der Waals surface area (Å²) >= 11 is 0. The fourth-order valence-corrected chi connectivity index (χ4v) is 1.88. The van der Waals surface area contributed by atoms with Crippen LogP contribution in [0.15, 0.2) is 11.6 Å². The SMILES string of the molecule is O.O.O.O=C(O)C1=CCC2CC(=O)C12. The Labute approximate surface area is 80.2 Å². The summed E-state index contributed by atoms with van der Waals surface area (Å²) in [4.78, 5) is 21.4. The minimum atomic E-state index is -0.925. The third-order valence-corrected chi connectivity index (χ3v) is 2.50. The van der Waals surface area contributed by atoms with Gasteiger partial charge in [-0.25, -0.2) is 4.79 Å². The van der Waals surface area contributed by atoms with Gasteiger partial charge in [0, 0.05) is 12.0 Å². The van der Waals surface area contributed by atoms with Crippen LogP contribution in [0.5, 0.6) is 0 Å². The average Bonchev–Trinajstić information content (AvgIpc) is 2.25. The highest BCUT2D eigenvalue weighted by molar-refractivity contribution is 6.01. The van der Waals surface area contributed by atoms with Gasteiger partial charge in [-0.05, 0) is 12.3 Å². The first kappa shape index (κ1) is 15.2. The molecule has 2 rings (SSSR count). The number of carbonyl (C=O) groups is 2. The zero-order valence-electron chi connectivity index (χ0n) is 7.41. The lowest BCUT2D eigenvalue weighted by atomic mass is 9.72. The molecule has 0 aliphatic heterocycles. The summed E-state index contributed by atoms with van der Waals surface area (Å²) in [6.07, 6.45) is 3.04. The van der Waals surface area contributed by atoms with Crippen molar-refractivity contribution < 1.29 is 31.1 Å². The van der Waals surface area contributed by atoms with Gasteiger partial charge in [-0.15, -0.1) is 0 Å². The van der Waals surface area contributed by atoms with Gasteiger partial charge in [-0.3, -0.25) is 4.79 Å². The van der Waals surface area contributed by atoms with Crippen LogP contribution in [0, 0.1) is 11.8 Å². The maximum absolute atomic E-state index is 10.9. The van der Waals surface area contributed by atoms with Crippen LogP contribution in [0.3, 0.4) is 0 Å². The zero-order valence-corrected chi connectivity index (χ0v) is 7.41. The van der Waals surface area contributed by atoms with Gasteiger partial charge < -0.3 is 21.5 Å². The highest BCUT2D eigenvalue weighted by atomic mass is 16.4. The van der Waals surface area contributed by atoms with Crippen LogP contribution in [-0.2, 0) is 9.59 Å². The maximum atomic E-state index is 10.9. The third kappa shape index (κ3) is 1.82. The largest absolute Gasteiger partial charge is 0.478 e. The van der Waals surface area contributed by atoms with Crippen molar-refractivity contribution in [1.82, 2.24) is 0 Å². The quantitative estimate of drug-likeness (QED) is 0.535. The molecule has 6 heteroatoms. The Morgan fingerprint density at radius 3 is 2.29 bits per heavy atom. The van der Waals surface area contributed by atoms with Crippen LogP contribution in [0.25, 0.3) is 0 Å². The van der Waals surface area contributed by atoms with Crippen LogP contribution in [0.1, 0.15) is 12.8 Å². The van der Waals surface area contributed by atoms with Gasteiger partial charge in [-0.1, -0.05) is 6.08 Å². The van der Waals surface area contributed by atoms with E-state index in [9.17, 15) is 9.59 Å². The molecule has 0 aromatic rings. The lowest BCUT2D eigenvalue weighted by Crippen LogP contribution is -2.36. The average molecular weight is 206 g/mol. The number of fused-ring (bicyclic) bond motifs is 1. The van der Waals surface area contributed by atoms with E-state index in [1.807, 2.05) is 0 Å². The summed E-state index contributed by atoms with van der Waals surface area (Å²) in [5.41, 5.74) is 0.325. The molecule has 2 atom stereocenters. The van der Waals surface area contributed by atoms with E-state index in [1.165, 1.54) is 0 Å². The second kappa shape index (κ2) is 4.85. The lowest BCUT2D eigenvalue weighted by Gasteiger charge is -2.29. The van der Waals surface area contributed by atoms with Gasteiger partial charge in [0.25, 0.3) is 0 Å². The van der Waals surface area contributed by atoms with Crippen molar-refractivity contribution in [1.29, 1.82) is 0 Å². The van der Waals surface area contributed by atoms with Gasteiger partial charge in [0.1, 0.15) is 5.78 Å². The molecule has 6 nitrogen and oxygen atoms in total. The van der Waals surface area contributed by atoms with E-state index in [0.29, 0.717) is 17.9 Å². The first-order valence-corrected chi connectivity index (χ1v) is 3.66. The van der Waals surface area contributed by atoms with Crippen LogP contribution in [-0.4, -0.2) is 33.3 Å². The molecule has 2 aliphatic rings. The molecule has 0 amide bonds. The number of allylic oxidation sites excluding steroid dienone is 1. The molecule has 82 valence electrons. The number of ketones is 1. The molecule has 1 saturated carbocycles. The molecule has 2 unspecified atom stereocenters. The highest BCUT2D eigenvalue weighted by Crippen LogP contribution is 2.44. The van der Waals surface area contributed by atoms with Crippen molar-refractivity contribution in [3.8, 4) is 0 Å². The van der Waals surface area contributed by atoms with E-state index in [-0.39, 0.29) is 28.1 Å². The number of carboxylic acids is 1. The van der Waals surface area contributed by atoms with E-state index < -0.39 is 5.97 Å². The molecule has 0 spiro atoms. The normalized spacial score (nSPS) is 26.9. The van der Waals surface area contributed by atoms with E-state index in [2.05, 4.69) is 0 Å². The molecule has 0 aromatic carbocycles. The van der Waals surface area contributed by atoms with Crippen molar-refractivity contribution in [3.63, 3.8) is 0 Å². The number of hydrogen-bond acceptors (Lipinski definition) is 2. The lowest BCUT2D eigenvalue weighted by molar-refractivity contribution is -0.138. The Balaban J connectivity index is 0. The Morgan fingerprint density at radius 2 is 1.93 bits per heavy atom. The Kier molecular flexibility index (Phi) is 5.28. The smallest absolute Gasteiger partial charge is 0.331 e. The molecule has 14 heavy (non-hydrogen) atoms. The summed E-state index contributed by atoms with van der Waals surface area (Å²) < 4.78 is 0. The van der Waals surface area contributed by atoms with Crippen LogP contribution in [0.4, 0.5) is 0 Å². The van der Waals surface area contributed by atoms with Gasteiger partial charge in [0.15, 0.2) is 0 Å². The minimum Gasteiger partial charge on any atom is -0.478 e. The minimum absolute atomic E-state index is 0. The molecule has 0 bridgehead atoms. The van der Waals surface area contributed by atoms with E-state index in [1.54, 1.807) is 6.08 Å². The molecule has 1 fully saturated rings. The third-order valence-electron chi connectivity index (χ3n) is 2.50. The first-order chi connectivity index (χ1) is 5.20. The number of carboxylic acid groups (broad SMARTS) is 1. The summed E-state index contributed by atoms with van der Waals surface area (Å²) in [7, 11) is 0. The van der Waals surface area contributed by atoms with E-state index in [4.69, 9.17) is 5.11 Å². The summed E-state index contributed by atoms with van der Waals surface area (Å²) in [6.45, 7) is 0. The van der Waals surface area contributed by atoms with Crippen molar-refractivity contribution in [2.24, 2.45) is 11.8 Å². The molecular formula is C8H14O6. The second-order valence-corrected chi connectivity index (χ2v) is 3.11. The predicted octanol–water partition coefficient (Wildman–Crippen LogP) is -1.87. The molecule has 0 heterocycles. The standard InChI is InChI=1S/C8H8O3.3H2O/c9-6-3-4-1-2-5(7(4)6)8(10)11;;;/h2,4,7H,1,3H2,(H,10,11);3*1H2. The van der Waals surface area contributed by atoms with Crippen molar-refractivity contribution >= 4 is 11.8 Å². The van der Waals surface area contributed by atoms with Gasteiger partial charge in [0.2, 0.25) is 0 Å². The summed E-state index contributed by atoms with van der Waals surface area (Å²) in [5.74, 6) is -0.771. The van der Waals surface area contributed by atoms with Gasteiger partial charge in [0.05, 0.1) is 5.92 Å². The fraction of sp³-hybridized carbons (Fsp3) is 0.500. The van der Waals surface area contributed by atoms with E-state index in [0.717, 1.165) is 6.42 Å². The molecule has 7 N–H and O–H groups in total. The number of hydrogen-bond donors (Lipinski definition) is 1. The molecule has 2 aliphatic carbocycles. The highest BCUT2D eigenvalue weighted by Gasteiger charge is 2.46. The van der Waals surface area contributed by atoms with Gasteiger partial charge >= 0.3 is 5.97 Å². The topological polar surface area (TPSA) is 149 Å². The van der Waals surface area contributed by atoms with Crippen molar-refractivity contribution in [2.75, 3.05) is 0 Å². The molecule has 0 aromatic heterocycles. The van der Waals surface area contributed by atoms with Crippen molar-refractivity contribution in [3.05, 3.63) is 11.6 Å². The molecular weight excluding hydrogens is 192 g/mol. The maximum Gasteiger partial charge on any atom is 0.331 e. The number of aliphatic carboxylic acids is 1. The predicted molar refractivity (Wildman–Crippen MR) is 47.8 cm³/mol. The second-order valence-electron chi connectivity index (χ2n) is 3.11. The van der Waals surface area contributed by atoms with Crippen molar-refractivity contribution in [2.45, 2.75) is 12.8 Å². The number of rotatable bonds is 1. The van der Waals surface area contributed by atoms with Crippen LogP contribution < -0.4 is 0 Å². The monoisotopic (exact) mass is 206 g/mol. The molecule has 0 saturated heterocycles.